The Morgan fingerprint density at radius 2 is 1.48 bits per heavy atom. The van der Waals surface area contributed by atoms with Crippen LogP contribution in [0.25, 0.3) is 0 Å². The van der Waals surface area contributed by atoms with Crippen LogP contribution in [-0.4, -0.2) is 33.1 Å². The Kier molecular flexibility index (Phi) is 4.97. The molecule has 1 aliphatic heterocycles. The first-order valence-electron chi connectivity index (χ1n) is 9.23. The Hall–Kier alpha value is -2.63. The summed E-state index contributed by atoms with van der Waals surface area (Å²) in [6, 6.07) is 13.4. The average Bonchev–Trinajstić information content (AvgIpc) is 3.25. The molecule has 0 saturated carbocycles. The molecule has 27 heavy (non-hydrogen) atoms. The van der Waals surface area contributed by atoms with Gasteiger partial charge < -0.3 is 5.11 Å². The van der Waals surface area contributed by atoms with Gasteiger partial charge in [0.15, 0.2) is 0 Å². The van der Waals surface area contributed by atoms with Gasteiger partial charge in [-0.15, -0.1) is 0 Å². The highest BCUT2D eigenvalue weighted by Crippen LogP contribution is 2.45. The molecule has 0 spiro atoms. The lowest BCUT2D eigenvalue weighted by atomic mass is 9.77. The molecule has 3 aromatic rings. The quantitative estimate of drug-likeness (QED) is 0.751. The maximum absolute atomic E-state index is 14.9. The molecule has 4 nitrogen and oxygen atoms in total. The number of benzene rings is 1. The highest BCUT2D eigenvalue weighted by molar-refractivity contribution is 5.40. The van der Waals surface area contributed by atoms with Crippen LogP contribution in [0.2, 0.25) is 0 Å². The minimum Gasteiger partial charge on any atom is -0.378 e. The Bertz CT molecular complexity index is 843. The van der Waals surface area contributed by atoms with Crippen molar-refractivity contribution >= 4 is 0 Å². The van der Waals surface area contributed by atoms with Crippen LogP contribution in [0.3, 0.4) is 0 Å². The molecule has 2 aromatic heterocycles. The molecule has 138 valence electrons. The van der Waals surface area contributed by atoms with Crippen LogP contribution in [-0.2, 0) is 5.60 Å². The van der Waals surface area contributed by atoms with Crippen LogP contribution < -0.4 is 0 Å². The third-order valence-corrected chi connectivity index (χ3v) is 5.30. The lowest BCUT2D eigenvalue weighted by Crippen LogP contribution is -2.44. The van der Waals surface area contributed by atoms with Crippen molar-refractivity contribution in [2.75, 3.05) is 13.1 Å². The summed E-state index contributed by atoms with van der Waals surface area (Å²) in [4.78, 5) is 10.6. The van der Waals surface area contributed by atoms with Crippen LogP contribution in [0.15, 0.2) is 73.3 Å². The van der Waals surface area contributed by atoms with Gasteiger partial charge in [-0.2, -0.15) is 0 Å². The van der Waals surface area contributed by atoms with E-state index in [0.717, 1.165) is 25.9 Å². The van der Waals surface area contributed by atoms with Crippen LogP contribution in [0.5, 0.6) is 0 Å². The zero-order valence-electron chi connectivity index (χ0n) is 15.0. The lowest BCUT2D eigenvalue weighted by Gasteiger charge is -2.42. The molecule has 1 unspecified atom stereocenters. The first-order chi connectivity index (χ1) is 13.2. The highest BCUT2D eigenvalue weighted by Gasteiger charge is 2.46. The third-order valence-electron chi connectivity index (χ3n) is 5.30. The molecule has 1 fully saturated rings. The number of hydrogen-bond acceptors (Lipinski definition) is 4. The minimum atomic E-state index is -1.48. The van der Waals surface area contributed by atoms with Crippen molar-refractivity contribution in [2.24, 2.45) is 0 Å². The Morgan fingerprint density at radius 1 is 0.889 bits per heavy atom. The molecule has 4 rings (SSSR count). The van der Waals surface area contributed by atoms with Crippen molar-refractivity contribution in [3.05, 3.63) is 95.8 Å². The van der Waals surface area contributed by atoms with Crippen molar-refractivity contribution in [1.82, 2.24) is 14.9 Å². The summed E-state index contributed by atoms with van der Waals surface area (Å²) in [5, 5.41) is 12.2. The fraction of sp³-hybridized carbons (Fsp3) is 0.273. The normalized spacial score (nSPS) is 16.4. The lowest BCUT2D eigenvalue weighted by molar-refractivity contribution is -0.0167. The van der Waals surface area contributed by atoms with E-state index in [2.05, 4.69) is 14.9 Å². The van der Waals surface area contributed by atoms with Gasteiger partial charge in [0, 0.05) is 41.5 Å². The number of nitrogens with zero attached hydrogens (tertiary/aromatic N) is 3. The standard InChI is InChI=1S/C22H22FN3O/c23-20-10-2-1-9-19(20)21(26-13-3-4-14-26)22(27,17-7-5-11-24-15-17)18-8-6-12-25-16-18/h1-2,5-12,15-16,21,27H,3-4,13-14H2. The van der Waals surface area contributed by atoms with Crippen LogP contribution in [0.4, 0.5) is 4.39 Å². The Balaban J connectivity index is 1.96. The Labute approximate surface area is 158 Å². The number of aromatic nitrogens is 2. The van der Waals surface area contributed by atoms with Crippen molar-refractivity contribution < 1.29 is 9.50 Å². The SMILES string of the molecule is OC(c1cccnc1)(c1cccnc1)C(c1ccccc1F)N1CCCC1. The number of pyridine rings is 2. The van der Waals surface area contributed by atoms with E-state index in [1.165, 1.54) is 6.07 Å². The first kappa shape index (κ1) is 17.8. The predicted molar refractivity (Wildman–Crippen MR) is 101 cm³/mol. The monoisotopic (exact) mass is 363 g/mol. The van der Waals surface area contributed by atoms with E-state index in [1.54, 1.807) is 49.1 Å². The number of halogens is 1. The maximum atomic E-state index is 14.9. The molecular formula is C22H22FN3O. The van der Waals surface area contributed by atoms with Gasteiger partial charge in [0.05, 0.1) is 6.04 Å². The van der Waals surface area contributed by atoms with Gasteiger partial charge in [-0.3, -0.25) is 14.9 Å². The molecule has 0 bridgehead atoms. The predicted octanol–water partition coefficient (Wildman–Crippen LogP) is 3.69. The van der Waals surface area contributed by atoms with E-state index in [9.17, 15) is 9.50 Å². The summed E-state index contributed by atoms with van der Waals surface area (Å²) >= 11 is 0. The second-order valence-corrected chi connectivity index (χ2v) is 6.92. The zero-order valence-corrected chi connectivity index (χ0v) is 15.0. The fourth-order valence-electron chi connectivity index (χ4n) is 4.04. The van der Waals surface area contributed by atoms with Gasteiger partial charge in [0.25, 0.3) is 0 Å². The van der Waals surface area contributed by atoms with Gasteiger partial charge in [-0.1, -0.05) is 30.3 Å². The van der Waals surface area contributed by atoms with Crippen molar-refractivity contribution in [2.45, 2.75) is 24.5 Å². The third kappa shape index (κ3) is 3.24. The molecule has 1 saturated heterocycles. The number of rotatable bonds is 5. The molecule has 0 amide bonds. The summed E-state index contributed by atoms with van der Waals surface area (Å²) in [7, 11) is 0. The number of hydrogen-bond donors (Lipinski definition) is 1. The number of likely N-dealkylation sites (tertiary alicyclic amines) is 1. The van der Waals surface area contributed by atoms with E-state index in [0.29, 0.717) is 16.7 Å². The van der Waals surface area contributed by atoms with Gasteiger partial charge in [-0.25, -0.2) is 4.39 Å². The largest absolute Gasteiger partial charge is 0.378 e. The second kappa shape index (κ2) is 7.55. The smallest absolute Gasteiger partial charge is 0.137 e. The van der Waals surface area contributed by atoms with Gasteiger partial charge in [0.1, 0.15) is 11.4 Å². The van der Waals surface area contributed by atoms with E-state index >= 15 is 0 Å². The fourth-order valence-corrected chi connectivity index (χ4v) is 4.04. The molecule has 3 heterocycles. The summed E-state index contributed by atoms with van der Waals surface area (Å²) < 4.78 is 14.9. The molecule has 1 N–H and O–H groups in total. The molecule has 0 aliphatic carbocycles. The summed E-state index contributed by atoms with van der Waals surface area (Å²) in [5.41, 5.74) is 0.251. The summed E-state index contributed by atoms with van der Waals surface area (Å²) in [5.74, 6) is -0.319. The summed E-state index contributed by atoms with van der Waals surface area (Å²) in [6.45, 7) is 1.61. The van der Waals surface area contributed by atoms with Crippen LogP contribution in [0, 0.1) is 5.82 Å². The van der Waals surface area contributed by atoms with E-state index in [-0.39, 0.29) is 5.82 Å². The molecule has 1 aliphatic rings. The topological polar surface area (TPSA) is 49.3 Å². The second-order valence-electron chi connectivity index (χ2n) is 6.92. The van der Waals surface area contributed by atoms with Crippen molar-refractivity contribution in [1.29, 1.82) is 0 Å². The number of aliphatic hydroxyl groups is 1. The van der Waals surface area contributed by atoms with Crippen LogP contribution in [0.1, 0.15) is 35.6 Å². The van der Waals surface area contributed by atoms with E-state index in [1.807, 2.05) is 18.2 Å². The minimum absolute atomic E-state index is 0.319. The van der Waals surface area contributed by atoms with E-state index < -0.39 is 11.6 Å². The van der Waals surface area contributed by atoms with Crippen molar-refractivity contribution in [3.63, 3.8) is 0 Å². The van der Waals surface area contributed by atoms with E-state index in [4.69, 9.17) is 0 Å². The molecule has 1 aromatic carbocycles. The van der Waals surface area contributed by atoms with Crippen molar-refractivity contribution in [3.8, 4) is 0 Å². The molecular weight excluding hydrogens is 341 g/mol. The van der Waals surface area contributed by atoms with Gasteiger partial charge >= 0.3 is 0 Å². The van der Waals surface area contributed by atoms with Crippen LogP contribution >= 0.6 is 0 Å². The molecule has 1 atom stereocenters. The first-order valence-corrected chi connectivity index (χ1v) is 9.23. The van der Waals surface area contributed by atoms with Gasteiger partial charge in [0.2, 0.25) is 0 Å². The zero-order chi connectivity index (χ0) is 18.7. The molecule has 0 radical (unpaired) electrons. The average molecular weight is 363 g/mol. The summed E-state index contributed by atoms with van der Waals surface area (Å²) in [6.07, 6.45) is 8.69. The van der Waals surface area contributed by atoms with Gasteiger partial charge in [-0.05, 0) is 44.1 Å². The Morgan fingerprint density at radius 3 is 2.00 bits per heavy atom. The molecule has 5 heteroatoms. The maximum Gasteiger partial charge on any atom is 0.137 e. The highest BCUT2D eigenvalue weighted by atomic mass is 19.1.